The second-order valence-corrected chi connectivity index (χ2v) is 3.73. The molecule has 0 bridgehead atoms. The number of methoxy groups -OCH3 is 2. The molecule has 0 fully saturated rings. The first-order chi connectivity index (χ1) is 8.74. The standard InChI is InChI=1S/C13H14N2O3.ClH/c1-17-12-3-9-8(7-16)6-15-11(5-14)10(9)4-13(12)18-2;/h3-4,6-7H,5,14H2,1-2H3;1H. The lowest BCUT2D eigenvalue weighted by Crippen LogP contribution is -2.03. The third-order valence-corrected chi connectivity index (χ3v) is 2.83. The first-order valence-corrected chi connectivity index (χ1v) is 5.44. The molecule has 0 amide bonds. The van der Waals surface area contributed by atoms with Gasteiger partial charge in [0.2, 0.25) is 0 Å². The highest BCUT2D eigenvalue weighted by atomic mass is 35.5. The fourth-order valence-corrected chi connectivity index (χ4v) is 1.90. The molecule has 102 valence electrons. The highest BCUT2D eigenvalue weighted by Gasteiger charge is 2.12. The van der Waals surface area contributed by atoms with Gasteiger partial charge in [-0.3, -0.25) is 9.78 Å². The minimum absolute atomic E-state index is 0. The van der Waals surface area contributed by atoms with E-state index in [1.54, 1.807) is 26.4 Å². The van der Waals surface area contributed by atoms with Gasteiger partial charge in [0.05, 0.1) is 19.9 Å². The minimum Gasteiger partial charge on any atom is -0.493 e. The highest BCUT2D eigenvalue weighted by Crippen LogP contribution is 2.34. The van der Waals surface area contributed by atoms with Crippen molar-refractivity contribution in [2.45, 2.75) is 6.54 Å². The van der Waals surface area contributed by atoms with Crippen molar-refractivity contribution in [1.29, 1.82) is 0 Å². The summed E-state index contributed by atoms with van der Waals surface area (Å²) in [6, 6.07) is 3.55. The Hall–Kier alpha value is -1.85. The van der Waals surface area contributed by atoms with Crippen LogP contribution in [0.3, 0.4) is 0 Å². The molecule has 2 rings (SSSR count). The van der Waals surface area contributed by atoms with Crippen molar-refractivity contribution in [3.63, 3.8) is 0 Å². The van der Waals surface area contributed by atoms with Crippen LogP contribution in [0.15, 0.2) is 18.3 Å². The molecule has 2 N–H and O–H groups in total. The zero-order valence-corrected chi connectivity index (χ0v) is 11.5. The number of carbonyl (C=O) groups is 1. The Bertz CT molecular complexity index is 602. The van der Waals surface area contributed by atoms with E-state index in [9.17, 15) is 4.79 Å². The van der Waals surface area contributed by atoms with Gasteiger partial charge in [0.1, 0.15) is 0 Å². The summed E-state index contributed by atoms with van der Waals surface area (Å²) in [5.74, 6) is 1.16. The molecular formula is C13H15ClN2O3. The average Bonchev–Trinajstić information content (AvgIpc) is 2.44. The number of nitrogens with two attached hydrogens (primary N) is 1. The number of nitrogens with zero attached hydrogens (tertiary/aromatic N) is 1. The Morgan fingerprint density at radius 1 is 1.21 bits per heavy atom. The number of ether oxygens (including phenoxy) is 2. The van der Waals surface area contributed by atoms with Gasteiger partial charge in [-0.05, 0) is 17.5 Å². The number of aromatic nitrogens is 1. The van der Waals surface area contributed by atoms with E-state index in [-0.39, 0.29) is 12.4 Å². The number of benzene rings is 1. The van der Waals surface area contributed by atoms with Crippen LogP contribution >= 0.6 is 12.4 Å². The summed E-state index contributed by atoms with van der Waals surface area (Å²) >= 11 is 0. The zero-order chi connectivity index (χ0) is 13.1. The fraction of sp³-hybridized carbons (Fsp3) is 0.231. The van der Waals surface area contributed by atoms with Gasteiger partial charge < -0.3 is 15.2 Å². The normalized spacial score (nSPS) is 9.84. The molecule has 0 aliphatic heterocycles. The molecule has 1 heterocycles. The van der Waals surface area contributed by atoms with Crippen molar-refractivity contribution in [3.8, 4) is 11.5 Å². The van der Waals surface area contributed by atoms with Gasteiger partial charge in [-0.1, -0.05) is 0 Å². The molecular weight excluding hydrogens is 268 g/mol. The van der Waals surface area contributed by atoms with Crippen molar-refractivity contribution in [1.82, 2.24) is 4.98 Å². The topological polar surface area (TPSA) is 74.4 Å². The average molecular weight is 283 g/mol. The number of halogens is 1. The maximum atomic E-state index is 11.0. The lowest BCUT2D eigenvalue weighted by Gasteiger charge is -2.12. The van der Waals surface area contributed by atoms with Crippen LogP contribution < -0.4 is 15.2 Å². The summed E-state index contributed by atoms with van der Waals surface area (Å²) in [7, 11) is 3.11. The fourth-order valence-electron chi connectivity index (χ4n) is 1.90. The molecule has 0 unspecified atom stereocenters. The maximum Gasteiger partial charge on any atom is 0.161 e. The predicted molar refractivity (Wildman–Crippen MR) is 75.4 cm³/mol. The van der Waals surface area contributed by atoms with E-state index in [1.807, 2.05) is 0 Å². The van der Waals surface area contributed by atoms with Crippen LogP contribution in [0.1, 0.15) is 16.1 Å². The second-order valence-electron chi connectivity index (χ2n) is 3.73. The maximum absolute atomic E-state index is 11.0. The van der Waals surface area contributed by atoms with Gasteiger partial charge in [-0.2, -0.15) is 0 Å². The van der Waals surface area contributed by atoms with E-state index < -0.39 is 0 Å². The Morgan fingerprint density at radius 3 is 2.26 bits per heavy atom. The van der Waals surface area contributed by atoms with E-state index in [0.29, 0.717) is 23.6 Å². The molecule has 6 heteroatoms. The SMILES string of the molecule is COc1cc2c(C=O)cnc(CN)c2cc1OC.Cl. The van der Waals surface area contributed by atoms with Gasteiger partial charge in [-0.15, -0.1) is 12.4 Å². The quantitative estimate of drug-likeness (QED) is 0.868. The minimum atomic E-state index is 0. The number of pyridine rings is 1. The Labute approximate surface area is 117 Å². The lowest BCUT2D eigenvalue weighted by molar-refractivity contribution is 0.112. The van der Waals surface area contributed by atoms with Crippen molar-refractivity contribution >= 4 is 29.5 Å². The third kappa shape index (κ3) is 2.62. The lowest BCUT2D eigenvalue weighted by atomic mass is 10.0. The van der Waals surface area contributed by atoms with Crippen LogP contribution in [-0.2, 0) is 6.54 Å². The molecule has 1 aromatic carbocycles. The van der Waals surface area contributed by atoms with E-state index in [2.05, 4.69) is 4.98 Å². The van der Waals surface area contributed by atoms with Crippen molar-refractivity contribution < 1.29 is 14.3 Å². The summed E-state index contributed by atoms with van der Waals surface area (Å²) in [5, 5.41) is 1.57. The third-order valence-electron chi connectivity index (χ3n) is 2.83. The number of hydrogen-bond donors (Lipinski definition) is 1. The number of aldehydes is 1. The van der Waals surface area contributed by atoms with E-state index in [4.69, 9.17) is 15.2 Å². The van der Waals surface area contributed by atoms with Crippen LogP contribution in [0.2, 0.25) is 0 Å². The Kier molecular flexibility index (Phi) is 5.09. The summed E-state index contributed by atoms with van der Waals surface area (Å²) < 4.78 is 10.5. The number of rotatable bonds is 4. The highest BCUT2D eigenvalue weighted by molar-refractivity contribution is 6.00. The molecule has 0 aliphatic rings. The smallest absolute Gasteiger partial charge is 0.161 e. The summed E-state index contributed by atoms with van der Waals surface area (Å²) in [6.07, 6.45) is 2.28. The molecule has 5 nitrogen and oxygen atoms in total. The van der Waals surface area contributed by atoms with Gasteiger partial charge >= 0.3 is 0 Å². The molecule has 0 saturated carbocycles. The molecule has 1 aromatic heterocycles. The summed E-state index contributed by atoms with van der Waals surface area (Å²) in [5.41, 5.74) is 6.87. The van der Waals surface area contributed by atoms with E-state index in [0.717, 1.165) is 22.8 Å². The number of carbonyl (C=O) groups excluding carboxylic acids is 1. The predicted octanol–water partition coefficient (Wildman–Crippen LogP) is 1.94. The van der Waals surface area contributed by atoms with Crippen molar-refractivity contribution in [2.75, 3.05) is 14.2 Å². The largest absolute Gasteiger partial charge is 0.493 e. The van der Waals surface area contributed by atoms with Crippen molar-refractivity contribution in [3.05, 3.63) is 29.6 Å². The van der Waals surface area contributed by atoms with Crippen LogP contribution in [0.5, 0.6) is 11.5 Å². The molecule has 0 saturated heterocycles. The summed E-state index contributed by atoms with van der Waals surface area (Å²) in [4.78, 5) is 15.2. The number of fused-ring (bicyclic) bond motifs is 1. The van der Waals surface area contributed by atoms with Crippen LogP contribution in [0.25, 0.3) is 10.8 Å². The first-order valence-electron chi connectivity index (χ1n) is 5.44. The molecule has 2 aromatic rings. The molecule has 0 spiro atoms. The first kappa shape index (κ1) is 15.2. The molecule has 0 atom stereocenters. The Morgan fingerprint density at radius 2 is 1.79 bits per heavy atom. The van der Waals surface area contributed by atoms with Gasteiger partial charge in [0.25, 0.3) is 0 Å². The molecule has 19 heavy (non-hydrogen) atoms. The van der Waals surface area contributed by atoms with Crippen LogP contribution in [0, 0.1) is 0 Å². The van der Waals surface area contributed by atoms with E-state index in [1.165, 1.54) is 6.20 Å². The molecule has 0 aliphatic carbocycles. The van der Waals surface area contributed by atoms with Gasteiger partial charge in [-0.25, -0.2) is 0 Å². The second kappa shape index (κ2) is 6.36. The monoisotopic (exact) mass is 282 g/mol. The molecule has 0 radical (unpaired) electrons. The van der Waals surface area contributed by atoms with Crippen LogP contribution in [0.4, 0.5) is 0 Å². The van der Waals surface area contributed by atoms with E-state index >= 15 is 0 Å². The van der Waals surface area contributed by atoms with Gasteiger partial charge in [0.15, 0.2) is 17.8 Å². The van der Waals surface area contributed by atoms with Gasteiger partial charge in [0, 0.05) is 23.7 Å². The summed E-state index contributed by atoms with van der Waals surface area (Å²) in [6.45, 7) is 0.297. The van der Waals surface area contributed by atoms with Crippen molar-refractivity contribution in [2.24, 2.45) is 5.73 Å². The Balaban J connectivity index is 0.00000180. The zero-order valence-electron chi connectivity index (χ0n) is 10.7. The van der Waals surface area contributed by atoms with Crippen LogP contribution in [-0.4, -0.2) is 25.5 Å². The number of hydrogen-bond acceptors (Lipinski definition) is 5.